The Bertz CT molecular complexity index is 708. The van der Waals surface area contributed by atoms with Gasteiger partial charge in [-0.25, -0.2) is 9.97 Å². The van der Waals surface area contributed by atoms with E-state index in [1.807, 2.05) is 6.92 Å². The quantitative estimate of drug-likeness (QED) is 0.758. The van der Waals surface area contributed by atoms with Gasteiger partial charge in [0.1, 0.15) is 11.6 Å². The maximum atomic E-state index is 5.95. The summed E-state index contributed by atoms with van der Waals surface area (Å²) in [6, 6.07) is 2.47. The van der Waals surface area contributed by atoms with E-state index in [-0.39, 0.29) is 0 Å². The van der Waals surface area contributed by atoms with Gasteiger partial charge < -0.3 is 11.1 Å². The van der Waals surface area contributed by atoms with E-state index in [2.05, 4.69) is 28.5 Å². The van der Waals surface area contributed by atoms with Gasteiger partial charge in [-0.15, -0.1) is 0 Å². The summed E-state index contributed by atoms with van der Waals surface area (Å²) in [5, 5.41) is 10.8. The highest BCUT2D eigenvalue weighted by atomic mass is 15.1. The highest BCUT2D eigenvalue weighted by molar-refractivity contribution is 5.39. The molecular formula is C18H26N6. The zero-order valence-corrected chi connectivity index (χ0v) is 14.5. The molecule has 0 saturated heterocycles. The van der Waals surface area contributed by atoms with Gasteiger partial charge in [-0.05, 0) is 51.5 Å². The molecular weight excluding hydrogens is 300 g/mol. The summed E-state index contributed by atoms with van der Waals surface area (Å²) in [5.41, 5.74) is 10.7. The third-order valence-corrected chi connectivity index (χ3v) is 5.26. The number of hydrogen-bond donors (Lipinski definition) is 3. The second-order valence-corrected chi connectivity index (χ2v) is 7.33. The van der Waals surface area contributed by atoms with Crippen LogP contribution in [-0.4, -0.2) is 32.8 Å². The molecule has 4 rings (SSSR count). The summed E-state index contributed by atoms with van der Waals surface area (Å²) in [4.78, 5) is 9.56. The molecule has 2 heterocycles. The predicted octanol–water partition coefficient (Wildman–Crippen LogP) is 2.55. The van der Waals surface area contributed by atoms with Crippen LogP contribution in [-0.2, 0) is 6.42 Å². The van der Waals surface area contributed by atoms with Gasteiger partial charge in [-0.3, -0.25) is 5.10 Å². The molecule has 2 saturated carbocycles. The molecule has 0 amide bonds. The number of nitrogens with two attached hydrogens (primary N) is 1. The van der Waals surface area contributed by atoms with Crippen molar-refractivity contribution in [3.63, 3.8) is 0 Å². The van der Waals surface area contributed by atoms with E-state index < -0.39 is 0 Å². The summed E-state index contributed by atoms with van der Waals surface area (Å²) < 4.78 is 0. The van der Waals surface area contributed by atoms with Crippen molar-refractivity contribution in [1.29, 1.82) is 0 Å². The molecule has 0 aliphatic heterocycles. The molecule has 128 valence electrons. The number of hydrogen-bond acceptors (Lipinski definition) is 5. The van der Waals surface area contributed by atoms with Crippen molar-refractivity contribution >= 4 is 5.82 Å². The van der Waals surface area contributed by atoms with Crippen molar-refractivity contribution in [2.45, 2.75) is 63.8 Å². The number of H-pyrrole nitrogens is 1. The highest BCUT2D eigenvalue weighted by Crippen LogP contribution is 2.41. The lowest BCUT2D eigenvalue weighted by atomic mass is 9.78. The van der Waals surface area contributed by atoms with Gasteiger partial charge in [0.05, 0.1) is 5.69 Å². The van der Waals surface area contributed by atoms with Crippen LogP contribution in [0.4, 0.5) is 5.82 Å². The minimum Gasteiger partial charge on any atom is -0.370 e. The normalized spacial score (nSPS) is 23.1. The van der Waals surface area contributed by atoms with Gasteiger partial charge in [0, 0.05) is 41.9 Å². The Morgan fingerprint density at radius 3 is 2.62 bits per heavy atom. The van der Waals surface area contributed by atoms with Crippen LogP contribution < -0.4 is 11.1 Å². The summed E-state index contributed by atoms with van der Waals surface area (Å²) in [5.74, 6) is 3.06. The third-order valence-electron chi connectivity index (χ3n) is 5.26. The number of anilines is 1. The Labute approximate surface area is 142 Å². The van der Waals surface area contributed by atoms with Crippen LogP contribution in [0.5, 0.6) is 0 Å². The van der Waals surface area contributed by atoms with Crippen LogP contribution in [0.15, 0.2) is 6.07 Å². The van der Waals surface area contributed by atoms with E-state index in [1.165, 1.54) is 24.1 Å². The molecule has 0 aromatic carbocycles. The molecule has 4 N–H and O–H groups in total. The minimum absolute atomic E-state index is 0.345. The lowest BCUT2D eigenvalue weighted by molar-refractivity contribution is 0.344. The Morgan fingerprint density at radius 2 is 2.00 bits per heavy atom. The molecule has 2 aromatic rings. The number of aryl methyl sites for hydroxylation is 2. The molecule has 6 nitrogen and oxygen atoms in total. The van der Waals surface area contributed by atoms with E-state index in [0.717, 1.165) is 48.8 Å². The first-order valence-corrected chi connectivity index (χ1v) is 8.99. The third kappa shape index (κ3) is 3.15. The van der Waals surface area contributed by atoms with Gasteiger partial charge in [-0.2, -0.15) is 5.10 Å². The van der Waals surface area contributed by atoms with Crippen molar-refractivity contribution in [3.05, 3.63) is 34.5 Å². The molecule has 2 fully saturated rings. The molecule has 0 spiro atoms. The fourth-order valence-corrected chi connectivity index (χ4v) is 3.47. The van der Waals surface area contributed by atoms with Crippen molar-refractivity contribution in [1.82, 2.24) is 20.2 Å². The number of nitrogens with one attached hydrogen (secondary N) is 2. The summed E-state index contributed by atoms with van der Waals surface area (Å²) >= 11 is 0. The largest absolute Gasteiger partial charge is 0.370 e. The molecule has 0 bridgehead atoms. The molecule has 2 aromatic heterocycles. The maximum Gasteiger partial charge on any atom is 0.134 e. The van der Waals surface area contributed by atoms with Crippen LogP contribution in [0.3, 0.4) is 0 Å². The number of aromatic nitrogens is 4. The smallest absolute Gasteiger partial charge is 0.134 e. The fourth-order valence-electron chi connectivity index (χ4n) is 3.47. The molecule has 0 atom stereocenters. The second kappa shape index (κ2) is 6.16. The Balaban J connectivity index is 1.45. The zero-order valence-electron chi connectivity index (χ0n) is 14.5. The van der Waals surface area contributed by atoms with Crippen molar-refractivity contribution in [2.24, 2.45) is 5.73 Å². The van der Waals surface area contributed by atoms with E-state index >= 15 is 0 Å². The van der Waals surface area contributed by atoms with Gasteiger partial charge >= 0.3 is 0 Å². The first-order valence-electron chi connectivity index (χ1n) is 8.99. The van der Waals surface area contributed by atoms with Crippen LogP contribution in [0.2, 0.25) is 0 Å². The monoisotopic (exact) mass is 326 g/mol. The first-order chi connectivity index (χ1) is 11.6. The molecule has 0 radical (unpaired) electrons. The lowest BCUT2D eigenvalue weighted by Crippen LogP contribution is -2.35. The van der Waals surface area contributed by atoms with Crippen LogP contribution in [0.25, 0.3) is 0 Å². The Morgan fingerprint density at radius 1 is 1.21 bits per heavy atom. The van der Waals surface area contributed by atoms with Crippen LogP contribution in [0, 0.1) is 13.8 Å². The van der Waals surface area contributed by atoms with Crippen LogP contribution >= 0.6 is 0 Å². The zero-order chi connectivity index (χ0) is 16.7. The van der Waals surface area contributed by atoms with Gasteiger partial charge in [0.2, 0.25) is 0 Å². The molecule has 2 aliphatic carbocycles. The van der Waals surface area contributed by atoms with E-state index in [1.54, 1.807) is 0 Å². The van der Waals surface area contributed by atoms with Crippen molar-refractivity contribution < 1.29 is 0 Å². The maximum absolute atomic E-state index is 5.95. The molecule has 2 aliphatic rings. The van der Waals surface area contributed by atoms with E-state index in [4.69, 9.17) is 15.7 Å². The number of nitrogens with zero attached hydrogens (tertiary/aromatic N) is 3. The SMILES string of the molecule is Cc1n[nH]c(C)c1CCNc1cc(C2CC(N)C2)nc(C2CC2)n1. The number of aromatic amines is 1. The Kier molecular flexibility index (Phi) is 4.00. The van der Waals surface area contributed by atoms with E-state index in [0.29, 0.717) is 17.9 Å². The van der Waals surface area contributed by atoms with Crippen molar-refractivity contribution in [2.75, 3.05) is 11.9 Å². The summed E-state index contributed by atoms with van der Waals surface area (Å²) in [6.45, 7) is 4.97. The molecule has 24 heavy (non-hydrogen) atoms. The van der Waals surface area contributed by atoms with E-state index in [9.17, 15) is 0 Å². The lowest BCUT2D eigenvalue weighted by Gasteiger charge is -2.32. The topological polar surface area (TPSA) is 92.5 Å². The predicted molar refractivity (Wildman–Crippen MR) is 94.2 cm³/mol. The van der Waals surface area contributed by atoms with Crippen molar-refractivity contribution in [3.8, 4) is 0 Å². The standard InChI is InChI=1S/C18H26N6/c1-10-15(11(2)24-23-10)5-6-20-17-9-16(13-7-14(19)8-13)21-18(22-17)12-3-4-12/h9,12-14H,3-8,19H2,1-2H3,(H,23,24)(H,20,21,22). The highest BCUT2D eigenvalue weighted by Gasteiger charge is 2.32. The molecule has 6 heteroatoms. The molecule has 0 unspecified atom stereocenters. The van der Waals surface area contributed by atoms with Gasteiger partial charge in [0.25, 0.3) is 0 Å². The van der Waals surface area contributed by atoms with Crippen LogP contribution in [0.1, 0.15) is 66.0 Å². The first kappa shape index (κ1) is 15.6. The summed E-state index contributed by atoms with van der Waals surface area (Å²) in [6.07, 6.45) is 5.49. The average Bonchev–Trinajstić information content (AvgIpc) is 3.33. The summed E-state index contributed by atoms with van der Waals surface area (Å²) in [7, 11) is 0. The Hall–Kier alpha value is -1.95. The second-order valence-electron chi connectivity index (χ2n) is 7.33. The average molecular weight is 326 g/mol. The number of rotatable bonds is 6. The minimum atomic E-state index is 0.345. The fraction of sp³-hybridized carbons (Fsp3) is 0.611. The van der Waals surface area contributed by atoms with Gasteiger partial charge in [0.15, 0.2) is 0 Å². The van der Waals surface area contributed by atoms with Gasteiger partial charge in [-0.1, -0.05) is 0 Å².